The first-order valence-electron chi connectivity index (χ1n) is 6.72. The number of carbonyl (C=O) groups is 1. The lowest BCUT2D eigenvalue weighted by molar-refractivity contribution is -0.124. The first-order chi connectivity index (χ1) is 10.2. The molecule has 1 amide bonds. The van der Waals surface area contributed by atoms with Gasteiger partial charge in [0.15, 0.2) is 0 Å². The lowest BCUT2D eigenvalue weighted by Gasteiger charge is -2.07. The van der Waals surface area contributed by atoms with Gasteiger partial charge in [-0.15, -0.1) is 0 Å². The fourth-order valence-corrected chi connectivity index (χ4v) is 1.98. The van der Waals surface area contributed by atoms with E-state index in [2.05, 4.69) is 5.32 Å². The molecular weight excluding hydrogens is 266 g/mol. The third kappa shape index (κ3) is 4.33. The van der Waals surface area contributed by atoms with Gasteiger partial charge in [0.1, 0.15) is 12.4 Å². The zero-order chi connectivity index (χ0) is 15.1. The van der Waals surface area contributed by atoms with E-state index in [1.807, 2.05) is 48.5 Å². The molecule has 0 aliphatic heterocycles. The molecule has 0 saturated carbocycles. The van der Waals surface area contributed by atoms with Crippen LogP contribution in [-0.2, 0) is 16.1 Å². The molecule has 0 spiro atoms. The molecule has 2 aromatic rings. The molecule has 2 rings (SSSR count). The summed E-state index contributed by atoms with van der Waals surface area (Å²) in [5.41, 5.74) is 3.31. The summed E-state index contributed by atoms with van der Waals surface area (Å²) in [4.78, 5) is 11.3. The second-order valence-electron chi connectivity index (χ2n) is 4.64. The molecule has 0 unspecified atom stereocenters. The molecule has 1 N–H and O–H groups in total. The number of amides is 1. The third-order valence-corrected chi connectivity index (χ3v) is 3.14. The quantitative estimate of drug-likeness (QED) is 0.887. The molecule has 2 aromatic carbocycles. The Kier molecular flexibility index (Phi) is 5.35. The highest BCUT2D eigenvalue weighted by molar-refractivity contribution is 5.77. The van der Waals surface area contributed by atoms with Crippen LogP contribution in [0.15, 0.2) is 48.5 Å². The summed E-state index contributed by atoms with van der Waals surface area (Å²) in [6.07, 6.45) is 0. The van der Waals surface area contributed by atoms with Gasteiger partial charge in [-0.1, -0.05) is 36.4 Å². The molecule has 21 heavy (non-hydrogen) atoms. The average Bonchev–Trinajstić information content (AvgIpc) is 2.54. The molecule has 0 radical (unpaired) electrons. The topological polar surface area (TPSA) is 47.6 Å². The van der Waals surface area contributed by atoms with E-state index >= 15 is 0 Å². The third-order valence-electron chi connectivity index (χ3n) is 3.14. The number of nitrogens with one attached hydrogen (secondary N) is 1. The number of hydrogen-bond acceptors (Lipinski definition) is 3. The summed E-state index contributed by atoms with van der Waals surface area (Å²) >= 11 is 0. The van der Waals surface area contributed by atoms with Gasteiger partial charge in [-0.3, -0.25) is 4.79 Å². The monoisotopic (exact) mass is 285 g/mol. The van der Waals surface area contributed by atoms with Crippen molar-refractivity contribution in [2.24, 2.45) is 0 Å². The predicted octanol–water partition coefficient (Wildman–Crippen LogP) is 2.62. The van der Waals surface area contributed by atoms with Crippen molar-refractivity contribution in [2.75, 3.05) is 20.8 Å². The van der Waals surface area contributed by atoms with Crippen molar-refractivity contribution < 1.29 is 14.3 Å². The highest BCUT2D eigenvalue weighted by Gasteiger charge is 2.01. The Labute approximate surface area is 124 Å². The summed E-state index contributed by atoms with van der Waals surface area (Å²) in [6, 6.07) is 16.0. The Morgan fingerprint density at radius 3 is 2.05 bits per heavy atom. The van der Waals surface area contributed by atoms with E-state index in [-0.39, 0.29) is 12.5 Å². The zero-order valence-electron chi connectivity index (χ0n) is 12.3. The van der Waals surface area contributed by atoms with Crippen LogP contribution in [0.4, 0.5) is 0 Å². The van der Waals surface area contributed by atoms with E-state index in [4.69, 9.17) is 9.47 Å². The first kappa shape index (κ1) is 15.1. The minimum Gasteiger partial charge on any atom is -0.497 e. The molecule has 0 aromatic heterocycles. The normalized spacial score (nSPS) is 10.2. The summed E-state index contributed by atoms with van der Waals surface area (Å²) in [6.45, 7) is 0.592. The lowest BCUT2D eigenvalue weighted by Crippen LogP contribution is -2.26. The Morgan fingerprint density at radius 1 is 0.952 bits per heavy atom. The van der Waals surface area contributed by atoms with Gasteiger partial charge in [-0.25, -0.2) is 0 Å². The Balaban J connectivity index is 1.99. The molecule has 0 aliphatic carbocycles. The van der Waals surface area contributed by atoms with Crippen molar-refractivity contribution in [3.05, 3.63) is 54.1 Å². The molecular formula is C17H19NO3. The number of methoxy groups -OCH3 is 2. The number of carbonyl (C=O) groups excluding carboxylic acids is 1. The van der Waals surface area contributed by atoms with E-state index in [0.717, 1.165) is 22.4 Å². The summed E-state index contributed by atoms with van der Waals surface area (Å²) in [5.74, 6) is 0.730. The Morgan fingerprint density at radius 2 is 1.52 bits per heavy atom. The zero-order valence-corrected chi connectivity index (χ0v) is 12.3. The summed E-state index contributed by atoms with van der Waals surface area (Å²) in [5, 5.41) is 2.79. The number of rotatable bonds is 6. The van der Waals surface area contributed by atoms with Gasteiger partial charge in [0.2, 0.25) is 5.91 Å². The van der Waals surface area contributed by atoms with Gasteiger partial charge in [0, 0.05) is 13.7 Å². The van der Waals surface area contributed by atoms with Gasteiger partial charge in [0.05, 0.1) is 7.11 Å². The first-order valence-corrected chi connectivity index (χ1v) is 6.72. The van der Waals surface area contributed by atoms with Crippen LogP contribution >= 0.6 is 0 Å². The molecule has 4 heteroatoms. The van der Waals surface area contributed by atoms with Gasteiger partial charge < -0.3 is 14.8 Å². The molecule has 0 fully saturated rings. The maximum atomic E-state index is 11.3. The van der Waals surface area contributed by atoms with Crippen LogP contribution in [0.1, 0.15) is 5.56 Å². The van der Waals surface area contributed by atoms with Gasteiger partial charge in [-0.2, -0.15) is 0 Å². The fourth-order valence-electron chi connectivity index (χ4n) is 1.98. The number of hydrogen-bond donors (Lipinski definition) is 1. The molecule has 0 heterocycles. The van der Waals surface area contributed by atoms with E-state index in [9.17, 15) is 4.79 Å². The van der Waals surface area contributed by atoms with Crippen LogP contribution in [0.5, 0.6) is 5.75 Å². The van der Waals surface area contributed by atoms with E-state index in [1.165, 1.54) is 7.11 Å². The van der Waals surface area contributed by atoms with Crippen molar-refractivity contribution in [1.82, 2.24) is 5.32 Å². The van der Waals surface area contributed by atoms with Crippen LogP contribution in [0.25, 0.3) is 11.1 Å². The number of ether oxygens (including phenoxy) is 2. The van der Waals surface area contributed by atoms with Crippen LogP contribution < -0.4 is 10.1 Å². The van der Waals surface area contributed by atoms with Gasteiger partial charge in [-0.05, 0) is 28.8 Å². The minimum atomic E-state index is -0.114. The lowest BCUT2D eigenvalue weighted by atomic mass is 10.0. The summed E-state index contributed by atoms with van der Waals surface area (Å²) in [7, 11) is 3.16. The van der Waals surface area contributed by atoms with E-state index in [0.29, 0.717) is 6.54 Å². The molecule has 0 atom stereocenters. The van der Waals surface area contributed by atoms with Gasteiger partial charge >= 0.3 is 0 Å². The molecule has 0 saturated heterocycles. The molecule has 0 aliphatic rings. The van der Waals surface area contributed by atoms with E-state index in [1.54, 1.807) is 7.11 Å². The second-order valence-corrected chi connectivity index (χ2v) is 4.64. The predicted molar refractivity (Wildman–Crippen MR) is 82.2 cm³/mol. The van der Waals surface area contributed by atoms with Crippen molar-refractivity contribution in [3.63, 3.8) is 0 Å². The Bertz CT molecular complexity index is 576. The fraction of sp³-hybridized carbons (Fsp3) is 0.235. The number of benzene rings is 2. The smallest absolute Gasteiger partial charge is 0.246 e. The Hall–Kier alpha value is -2.33. The largest absolute Gasteiger partial charge is 0.497 e. The average molecular weight is 285 g/mol. The maximum absolute atomic E-state index is 11.3. The molecule has 0 bridgehead atoms. The van der Waals surface area contributed by atoms with Crippen LogP contribution in [0.2, 0.25) is 0 Å². The second kappa shape index (κ2) is 7.45. The minimum absolute atomic E-state index is 0.0872. The van der Waals surface area contributed by atoms with Crippen LogP contribution in [-0.4, -0.2) is 26.7 Å². The standard InChI is InChI=1S/C17H19NO3/c1-20-12-17(19)18-11-13-3-5-14(6-4-13)15-7-9-16(21-2)10-8-15/h3-10H,11-12H2,1-2H3,(H,18,19). The van der Waals surface area contributed by atoms with Crippen molar-refractivity contribution in [1.29, 1.82) is 0 Å². The maximum Gasteiger partial charge on any atom is 0.246 e. The SMILES string of the molecule is COCC(=O)NCc1ccc(-c2ccc(OC)cc2)cc1. The van der Waals surface area contributed by atoms with Crippen molar-refractivity contribution >= 4 is 5.91 Å². The van der Waals surface area contributed by atoms with Crippen LogP contribution in [0.3, 0.4) is 0 Å². The summed E-state index contributed by atoms with van der Waals surface area (Å²) < 4.78 is 9.91. The van der Waals surface area contributed by atoms with Crippen LogP contribution in [0, 0.1) is 0 Å². The highest BCUT2D eigenvalue weighted by atomic mass is 16.5. The van der Waals surface area contributed by atoms with E-state index < -0.39 is 0 Å². The molecule has 4 nitrogen and oxygen atoms in total. The highest BCUT2D eigenvalue weighted by Crippen LogP contribution is 2.22. The molecule has 110 valence electrons. The van der Waals surface area contributed by atoms with Crippen molar-refractivity contribution in [3.8, 4) is 16.9 Å². The van der Waals surface area contributed by atoms with Gasteiger partial charge in [0.25, 0.3) is 0 Å². The van der Waals surface area contributed by atoms with Crippen molar-refractivity contribution in [2.45, 2.75) is 6.54 Å².